The van der Waals surface area contributed by atoms with Crippen molar-refractivity contribution in [1.29, 1.82) is 0 Å². The summed E-state index contributed by atoms with van der Waals surface area (Å²) in [6, 6.07) is 10.5. The zero-order valence-corrected chi connectivity index (χ0v) is 16.6. The van der Waals surface area contributed by atoms with E-state index in [1.54, 1.807) is 0 Å². The second-order valence-electron chi connectivity index (χ2n) is 7.31. The summed E-state index contributed by atoms with van der Waals surface area (Å²) >= 11 is 0. The number of carboxylic acids is 1. The van der Waals surface area contributed by atoms with E-state index in [-0.39, 0.29) is 19.1 Å². The summed E-state index contributed by atoms with van der Waals surface area (Å²) in [7, 11) is 0. The van der Waals surface area contributed by atoms with Crippen LogP contribution in [0.3, 0.4) is 0 Å². The third-order valence-electron chi connectivity index (χ3n) is 5.07. The lowest BCUT2D eigenvalue weighted by Crippen LogP contribution is -2.39. The van der Waals surface area contributed by atoms with E-state index in [2.05, 4.69) is 4.90 Å². The molecule has 3 rings (SSSR count). The number of benzene rings is 2. The van der Waals surface area contributed by atoms with Gasteiger partial charge in [-0.3, -0.25) is 9.69 Å². The van der Waals surface area contributed by atoms with Gasteiger partial charge in [0, 0.05) is 19.6 Å². The van der Waals surface area contributed by atoms with Gasteiger partial charge in [0.25, 0.3) is 0 Å². The minimum atomic E-state index is -4.35. The maximum absolute atomic E-state index is 12.6. The molecule has 0 spiro atoms. The van der Waals surface area contributed by atoms with Crippen LogP contribution < -0.4 is 4.74 Å². The number of aryl methyl sites for hydroxylation is 1. The average Bonchev–Trinajstić information content (AvgIpc) is 2.70. The van der Waals surface area contributed by atoms with Gasteiger partial charge in [0.15, 0.2) is 0 Å². The van der Waals surface area contributed by atoms with Crippen LogP contribution in [0, 0.1) is 6.92 Å². The molecule has 0 amide bonds. The lowest BCUT2D eigenvalue weighted by atomic mass is 10.0. The van der Waals surface area contributed by atoms with Gasteiger partial charge in [-0.05, 0) is 47.9 Å². The molecule has 30 heavy (non-hydrogen) atoms. The molecule has 2 aromatic carbocycles. The van der Waals surface area contributed by atoms with E-state index in [4.69, 9.17) is 14.6 Å². The molecular weight excluding hydrogens is 399 g/mol. The second-order valence-corrected chi connectivity index (χ2v) is 7.31. The summed E-state index contributed by atoms with van der Waals surface area (Å²) in [5, 5.41) is 8.86. The Hall–Kier alpha value is -2.58. The molecule has 1 aliphatic heterocycles. The number of nitrogens with zero attached hydrogens (tertiary/aromatic N) is 1. The summed E-state index contributed by atoms with van der Waals surface area (Å²) in [5.41, 5.74) is 1.95. The Morgan fingerprint density at radius 2 is 1.97 bits per heavy atom. The van der Waals surface area contributed by atoms with Crippen molar-refractivity contribution in [2.45, 2.75) is 32.2 Å². The maximum Gasteiger partial charge on any atom is 0.416 e. The van der Waals surface area contributed by atoms with Crippen molar-refractivity contribution in [1.82, 2.24) is 4.90 Å². The summed E-state index contributed by atoms with van der Waals surface area (Å²) < 4.78 is 49.5. The lowest BCUT2D eigenvalue weighted by Gasteiger charge is -2.33. The van der Waals surface area contributed by atoms with Crippen LogP contribution in [0.4, 0.5) is 13.2 Å². The molecule has 1 fully saturated rings. The Morgan fingerprint density at radius 1 is 1.23 bits per heavy atom. The number of aliphatic carboxylic acids is 1. The average molecular weight is 423 g/mol. The molecule has 1 aliphatic rings. The predicted octanol–water partition coefficient (Wildman–Crippen LogP) is 4.44. The quantitative estimate of drug-likeness (QED) is 0.714. The van der Waals surface area contributed by atoms with Crippen LogP contribution in [0.25, 0.3) is 0 Å². The Kier molecular flexibility index (Phi) is 6.99. The number of halogens is 3. The van der Waals surface area contributed by atoms with Crippen molar-refractivity contribution in [3.63, 3.8) is 0 Å². The number of hydrogen-bond acceptors (Lipinski definition) is 4. The van der Waals surface area contributed by atoms with Gasteiger partial charge in [-0.2, -0.15) is 13.2 Å². The number of carboxylic acid groups (broad SMARTS) is 1. The highest BCUT2D eigenvalue weighted by atomic mass is 19.4. The highest BCUT2D eigenvalue weighted by Crippen LogP contribution is 2.30. The van der Waals surface area contributed by atoms with Gasteiger partial charge in [-0.15, -0.1) is 0 Å². The first kappa shape index (κ1) is 22.1. The molecule has 0 aromatic heterocycles. The summed E-state index contributed by atoms with van der Waals surface area (Å²) in [6.07, 6.45) is -4.39. The fraction of sp³-hybridized carbons (Fsp3) is 0.409. The Balaban J connectivity index is 1.59. The largest absolute Gasteiger partial charge is 0.489 e. The smallest absolute Gasteiger partial charge is 0.416 e. The molecule has 1 saturated heterocycles. The van der Waals surface area contributed by atoms with Crippen molar-refractivity contribution in [2.24, 2.45) is 0 Å². The molecular formula is C22H24F3NO4. The van der Waals surface area contributed by atoms with Crippen LogP contribution in [0.15, 0.2) is 42.5 Å². The fourth-order valence-electron chi connectivity index (χ4n) is 3.40. The molecule has 1 atom stereocenters. The van der Waals surface area contributed by atoms with Gasteiger partial charge in [0.05, 0.1) is 24.7 Å². The highest BCUT2D eigenvalue weighted by molar-refractivity contribution is 5.66. The zero-order valence-electron chi connectivity index (χ0n) is 16.6. The lowest BCUT2D eigenvalue weighted by molar-refractivity contribution is -0.138. The standard InChI is InChI=1S/C22H24F3NO4/c1-15-12-18(30-14-16-2-4-17(5-3-16)22(23,24)25)6-7-19(15)20-13-26(10-11-29-20)9-8-21(27)28/h2-7,12,20H,8-11,13-14H2,1H3,(H,27,28). The van der Waals surface area contributed by atoms with Crippen LogP contribution in [0.2, 0.25) is 0 Å². The van der Waals surface area contributed by atoms with Crippen LogP contribution in [0.1, 0.15) is 34.8 Å². The number of morpholine rings is 1. The summed E-state index contributed by atoms with van der Waals surface area (Å²) in [4.78, 5) is 12.9. The van der Waals surface area contributed by atoms with Crippen LogP contribution in [-0.4, -0.2) is 42.2 Å². The number of carbonyl (C=O) groups is 1. The Bertz CT molecular complexity index is 868. The van der Waals surface area contributed by atoms with Crippen molar-refractivity contribution >= 4 is 5.97 Å². The zero-order chi connectivity index (χ0) is 21.7. The van der Waals surface area contributed by atoms with Gasteiger partial charge >= 0.3 is 12.1 Å². The molecule has 1 unspecified atom stereocenters. The van der Waals surface area contributed by atoms with E-state index in [1.807, 2.05) is 25.1 Å². The number of alkyl halides is 3. The SMILES string of the molecule is Cc1cc(OCc2ccc(C(F)(F)F)cc2)ccc1C1CN(CCC(=O)O)CCO1. The summed E-state index contributed by atoms with van der Waals surface area (Å²) in [5.74, 6) is -0.196. The highest BCUT2D eigenvalue weighted by Gasteiger charge is 2.30. The van der Waals surface area contributed by atoms with Crippen LogP contribution in [0.5, 0.6) is 5.75 Å². The molecule has 1 N–H and O–H groups in total. The van der Waals surface area contributed by atoms with Crippen LogP contribution >= 0.6 is 0 Å². The van der Waals surface area contributed by atoms with Crippen LogP contribution in [-0.2, 0) is 22.3 Å². The van der Waals surface area contributed by atoms with Crippen molar-refractivity contribution in [3.8, 4) is 5.75 Å². The minimum absolute atomic E-state index is 0.0996. The molecule has 1 heterocycles. The molecule has 0 bridgehead atoms. The molecule has 2 aromatic rings. The molecule has 162 valence electrons. The maximum atomic E-state index is 12.6. The number of ether oxygens (including phenoxy) is 2. The normalized spacial score (nSPS) is 17.7. The van der Waals surface area contributed by atoms with Gasteiger partial charge in [0.1, 0.15) is 12.4 Å². The van der Waals surface area contributed by atoms with E-state index >= 15 is 0 Å². The molecule has 0 aliphatic carbocycles. The fourth-order valence-corrected chi connectivity index (χ4v) is 3.40. The van der Waals surface area contributed by atoms with Gasteiger partial charge in [-0.1, -0.05) is 18.2 Å². The number of rotatable bonds is 7. The Morgan fingerprint density at radius 3 is 2.60 bits per heavy atom. The molecule has 8 heteroatoms. The first-order valence-electron chi connectivity index (χ1n) is 9.67. The third-order valence-corrected chi connectivity index (χ3v) is 5.07. The van der Waals surface area contributed by atoms with E-state index in [0.717, 1.165) is 23.3 Å². The van der Waals surface area contributed by atoms with Gasteiger partial charge in [0.2, 0.25) is 0 Å². The first-order chi connectivity index (χ1) is 14.2. The van der Waals surface area contributed by atoms with E-state index in [9.17, 15) is 18.0 Å². The van der Waals surface area contributed by atoms with E-state index < -0.39 is 17.7 Å². The topological polar surface area (TPSA) is 59.0 Å². The monoisotopic (exact) mass is 423 g/mol. The van der Waals surface area contributed by atoms with Gasteiger partial charge < -0.3 is 14.6 Å². The van der Waals surface area contributed by atoms with Crippen molar-refractivity contribution in [2.75, 3.05) is 26.2 Å². The third kappa shape index (κ3) is 5.96. The minimum Gasteiger partial charge on any atom is -0.489 e. The van der Waals surface area contributed by atoms with Crippen molar-refractivity contribution in [3.05, 3.63) is 64.7 Å². The molecule has 0 radical (unpaired) electrons. The van der Waals surface area contributed by atoms with Gasteiger partial charge in [-0.25, -0.2) is 0 Å². The first-order valence-corrected chi connectivity index (χ1v) is 9.67. The number of hydrogen-bond donors (Lipinski definition) is 1. The second kappa shape index (κ2) is 9.49. The van der Waals surface area contributed by atoms with E-state index in [0.29, 0.717) is 37.6 Å². The Labute approximate surface area is 173 Å². The molecule has 0 saturated carbocycles. The molecule has 5 nitrogen and oxygen atoms in total. The summed E-state index contributed by atoms with van der Waals surface area (Å²) in [6.45, 7) is 4.47. The van der Waals surface area contributed by atoms with Crippen molar-refractivity contribution < 1.29 is 32.5 Å². The predicted molar refractivity (Wildman–Crippen MR) is 104 cm³/mol. The van der Waals surface area contributed by atoms with E-state index in [1.165, 1.54) is 12.1 Å².